The van der Waals surface area contributed by atoms with Gasteiger partial charge >= 0.3 is 0 Å². The third-order valence-electron chi connectivity index (χ3n) is 24.9. The molecule has 0 unspecified atom stereocenters. The van der Waals surface area contributed by atoms with Crippen LogP contribution in [0.3, 0.4) is 0 Å². The molecule has 9 aromatic heterocycles. The molecule has 3 aliphatic heterocycles. The minimum absolute atomic E-state index is 0.000731. The molecule has 12 heterocycles. The molecule has 3 amide bonds. The fourth-order valence-corrected chi connectivity index (χ4v) is 20.6. The first-order valence-electron chi connectivity index (χ1n) is 43.9. The summed E-state index contributed by atoms with van der Waals surface area (Å²) in [4.78, 5) is 120. The van der Waals surface area contributed by atoms with Crippen LogP contribution in [-0.2, 0) is 14.4 Å². The number of nitrogens with two attached hydrogens (primary N) is 3. The van der Waals surface area contributed by atoms with Crippen LogP contribution in [0.25, 0.3) is 83.9 Å². The average molecular weight is 2090 g/mol. The third-order valence-corrected chi connectivity index (χ3v) is 27.8. The van der Waals surface area contributed by atoms with Gasteiger partial charge in [0.2, 0.25) is 17.7 Å². The van der Waals surface area contributed by atoms with E-state index in [1.165, 1.54) is 50.1 Å². The summed E-state index contributed by atoms with van der Waals surface area (Å²) in [7, 11) is 0. The Morgan fingerprint density at radius 3 is 0.872 bits per heavy atom. The minimum Gasteiger partial charge on any atom is -0.395 e. The number of halogens is 15. The van der Waals surface area contributed by atoms with E-state index < -0.39 is 122 Å². The Kier molecular flexibility index (Phi) is 30.8. The first kappa shape index (κ1) is 105. The van der Waals surface area contributed by atoms with Crippen LogP contribution < -0.4 is 48.6 Å². The Hall–Kier alpha value is -13.1. The van der Waals surface area contributed by atoms with Gasteiger partial charge in [-0.3, -0.25) is 57.4 Å². The molecule has 732 valence electrons. The summed E-state index contributed by atoms with van der Waals surface area (Å²) in [6.45, 7) is 39.9. The van der Waals surface area contributed by atoms with Crippen LogP contribution in [0.4, 0.5) is 64.9 Å². The highest BCUT2D eigenvalue weighted by Crippen LogP contribution is 2.50. The predicted octanol–water partition coefficient (Wildman–Crippen LogP) is 21.0. The summed E-state index contributed by atoms with van der Waals surface area (Å²) in [6.07, 6.45) is 8.51. The second kappa shape index (κ2) is 41.2. The standard InChI is InChI=1S/2C33H30Cl3F2N7O2.C33H30Cl2F3N7O2/c2*1-7-21(46)44-16(5)12-43(13-17(44)6)31-18-10-20(34)29(22-23(35)24(36)26(38)27(40)25(22)37)42-32(18)45(33(47)19(31)11-39)30-15(4)8-9-41-28(30)14(2)3;1-7-21(46)44-16(5)12-43(13-17(44)6)31-18-10-20(34)29(22-24(36)26(38)23(35)27(40)25(22)37)42-32(18)45(33(47)19(31)11-39)30-15(4)8-9-41-28(30)14(2)3/h3*7-10,14,16-17H,1,12-13,40H2,2-6H3/t3*16-,17+. The van der Waals surface area contributed by atoms with E-state index in [1.54, 1.807) is 77.2 Å². The molecule has 0 bridgehead atoms. The number of rotatable bonds is 15. The number of hydrogen-bond donors (Lipinski definition) is 3. The Morgan fingerprint density at radius 2 is 0.631 bits per heavy atom. The maximum Gasteiger partial charge on any atom is 0.276 e. The first-order valence-corrected chi connectivity index (χ1v) is 46.9. The molecule has 6 atom stereocenters. The number of fused-ring (bicyclic) bond motifs is 3. The van der Waals surface area contributed by atoms with Gasteiger partial charge in [-0.2, -0.15) is 15.8 Å². The van der Waals surface area contributed by atoms with Crippen molar-refractivity contribution in [1.29, 1.82) is 15.8 Å². The van der Waals surface area contributed by atoms with Crippen molar-refractivity contribution in [2.75, 3.05) is 71.2 Å². The Labute approximate surface area is 844 Å². The maximum atomic E-state index is 15.6. The molecule has 42 heteroatoms. The number of benzene rings is 3. The number of aromatic nitrogens is 9. The molecule has 0 spiro atoms. The normalized spacial score (nSPS) is 16.6. The van der Waals surface area contributed by atoms with Gasteiger partial charge in [0.15, 0.2) is 40.7 Å². The van der Waals surface area contributed by atoms with Crippen LogP contribution in [0.15, 0.2) is 107 Å². The monoisotopic (exact) mass is 2080 g/mol. The van der Waals surface area contributed by atoms with Crippen LogP contribution >= 0.6 is 92.8 Å². The summed E-state index contributed by atoms with van der Waals surface area (Å²) in [5.74, 6) is -10.9. The van der Waals surface area contributed by atoms with Gasteiger partial charge in [-0.1, -0.05) is 154 Å². The van der Waals surface area contributed by atoms with E-state index in [-0.39, 0.29) is 204 Å². The van der Waals surface area contributed by atoms with Crippen molar-refractivity contribution in [1.82, 2.24) is 58.3 Å². The van der Waals surface area contributed by atoms with E-state index in [0.717, 1.165) is 0 Å². The Balaban J connectivity index is 0.000000178. The fourth-order valence-electron chi connectivity index (χ4n) is 18.8. The molecule has 0 aliphatic carbocycles. The van der Waals surface area contributed by atoms with Gasteiger partial charge in [0.25, 0.3) is 16.7 Å². The highest BCUT2D eigenvalue weighted by atomic mass is 35.5. The van der Waals surface area contributed by atoms with E-state index in [9.17, 15) is 57.7 Å². The number of carbonyl (C=O) groups is 3. The summed E-state index contributed by atoms with van der Waals surface area (Å²) in [6, 6.07) is 13.5. The number of nitrogen functional groups attached to an aromatic ring is 3. The van der Waals surface area contributed by atoms with Crippen molar-refractivity contribution in [3.63, 3.8) is 0 Å². The number of nitriles is 3. The molecule has 3 aromatic carbocycles. The summed E-state index contributed by atoms with van der Waals surface area (Å²) in [5.41, 5.74) is 13.7. The molecule has 12 aromatic rings. The van der Waals surface area contributed by atoms with E-state index in [4.69, 9.17) is 120 Å². The summed E-state index contributed by atoms with van der Waals surface area (Å²) >= 11 is 50.9. The van der Waals surface area contributed by atoms with Crippen molar-refractivity contribution in [2.24, 2.45) is 0 Å². The van der Waals surface area contributed by atoms with Gasteiger partial charge in [0, 0.05) is 110 Å². The number of nitrogens with zero attached hydrogens (tertiary/aromatic N) is 18. The molecule has 0 saturated carbocycles. The van der Waals surface area contributed by atoms with E-state index >= 15 is 17.6 Å². The number of piperazine rings is 3. The number of carbonyl (C=O) groups excluding carboxylic acids is 3. The van der Waals surface area contributed by atoms with E-state index in [2.05, 4.69) is 51.8 Å². The van der Waals surface area contributed by atoms with Crippen LogP contribution in [0.2, 0.25) is 40.2 Å². The lowest BCUT2D eigenvalue weighted by Crippen LogP contribution is -2.58. The van der Waals surface area contributed by atoms with Gasteiger partial charge in [0.1, 0.15) is 68.2 Å². The van der Waals surface area contributed by atoms with Crippen molar-refractivity contribution in [2.45, 2.75) is 158 Å². The number of pyridine rings is 9. The highest BCUT2D eigenvalue weighted by Gasteiger charge is 2.42. The SMILES string of the molecule is C=CC(=O)N1[C@H](C)CN(c2c(C#N)c(=O)n(-c3c(C)ccnc3C(C)C)c3nc(-c4c(F)c(N)c(Cl)c(F)c4F)c(Cl)cc23)C[C@@H]1C.C=CC(=O)N1[C@H](C)CN(c2c(C#N)c(=O)n(-c3c(C)ccnc3C(C)C)c3nc(-c4c(F)c(N)c(F)c(Cl)c4Cl)c(Cl)cc23)C[C@@H]1C.C=CC(=O)N1[C@H](C)CN(c2c(C#N)c(=O)n(-c3c(C)ccnc3C(C)C)c3nc(-c4c(F)c(N)c(F)c(Cl)c4Cl)c(Cl)cc23)C[C@@H]1C. The minimum atomic E-state index is -1.68. The van der Waals surface area contributed by atoms with Crippen molar-refractivity contribution >= 4 is 178 Å². The van der Waals surface area contributed by atoms with Gasteiger partial charge in [-0.15, -0.1) is 0 Å². The lowest BCUT2D eigenvalue weighted by molar-refractivity contribution is -0.131. The molecule has 6 N–H and O–H groups in total. The molecule has 3 saturated heterocycles. The largest absolute Gasteiger partial charge is 0.395 e. The topological polar surface area (TPSA) is 363 Å². The molecule has 3 fully saturated rings. The van der Waals surface area contributed by atoms with E-state index in [0.29, 0.717) is 50.8 Å². The molecular formula is C99H90Cl8F7N21O6. The highest BCUT2D eigenvalue weighted by molar-refractivity contribution is 6.46. The second-order valence-electron chi connectivity index (χ2n) is 35.3. The van der Waals surface area contributed by atoms with Crippen molar-refractivity contribution in [3.8, 4) is 69.0 Å². The fraction of sp³-hybridized carbons (Fsp3) is 0.303. The molecule has 141 heavy (non-hydrogen) atoms. The second-order valence-corrected chi connectivity index (χ2v) is 38.5. The zero-order valence-electron chi connectivity index (χ0n) is 78.4. The van der Waals surface area contributed by atoms with Gasteiger partial charge in [0.05, 0.1) is 126 Å². The number of anilines is 6. The molecular weight excluding hydrogens is 2000 g/mol. The van der Waals surface area contributed by atoms with Crippen LogP contribution in [0, 0.1) is 95.5 Å². The quantitative estimate of drug-likeness (QED) is 0.0282. The average Bonchev–Trinajstić information content (AvgIpc) is 0.725. The first-order chi connectivity index (χ1) is 66.5. The van der Waals surface area contributed by atoms with Crippen molar-refractivity contribution in [3.05, 3.63) is 255 Å². The van der Waals surface area contributed by atoms with E-state index in [1.807, 2.05) is 99.0 Å². The maximum absolute atomic E-state index is 15.6. The number of hydrogen-bond acceptors (Lipinski definition) is 21. The molecule has 3 aliphatic rings. The zero-order valence-corrected chi connectivity index (χ0v) is 84.4. The number of amides is 3. The zero-order chi connectivity index (χ0) is 104. The van der Waals surface area contributed by atoms with Crippen LogP contribution in [0.5, 0.6) is 0 Å². The molecule has 27 nitrogen and oxygen atoms in total. The van der Waals surface area contributed by atoms with Crippen molar-refractivity contribution < 1.29 is 45.1 Å². The smallest absolute Gasteiger partial charge is 0.276 e. The Morgan fingerprint density at radius 1 is 0.383 bits per heavy atom. The number of aryl methyl sites for hydroxylation is 3. The van der Waals surface area contributed by atoms with Crippen LogP contribution in [-0.4, -0.2) is 152 Å². The lowest BCUT2D eigenvalue weighted by Gasteiger charge is -2.45. The predicted molar refractivity (Wildman–Crippen MR) is 540 cm³/mol. The Bertz CT molecular complexity index is 6860. The van der Waals surface area contributed by atoms with Crippen LogP contribution in [0.1, 0.15) is 151 Å². The van der Waals surface area contributed by atoms with Gasteiger partial charge in [-0.05, 0) is 151 Å². The summed E-state index contributed by atoms with van der Waals surface area (Å²) < 4.78 is 110. The molecule has 0 radical (unpaired) electrons. The third kappa shape index (κ3) is 18.3. The summed E-state index contributed by atoms with van der Waals surface area (Å²) in [5, 5.41) is 28.4. The van der Waals surface area contributed by atoms with Gasteiger partial charge < -0.3 is 46.6 Å². The molecule has 15 rings (SSSR count). The van der Waals surface area contributed by atoms with Gasteiger partial charge in [-0.25, -0.2) is 45.7 Å². The lowest BCUT2D eigenvalue weighted by atomic mass is 10.0.